The fraction of sp³-hybridized carbons (Fsp3) is 0.160. The highest BCUT2D eigenvalue weighted by Crippen LogP contribution is 2.31. The van der Waals surface area contributed by atoms with E-state index in [1.54, 1.807) is 24.5 Å². The number of benzene rings is 2. The van der Waals surface area contributed by atoms with E-state index in [0.29, 0.717) is 40.9 Å². The molecule has 4 aromatic rings. The zero-order valence-corrected chi connectivity index (χ0v) is 19.7. The summed E-state index contributed by atoms with van der Waals surface area (Å²) in [6.07, 6.45) is 4.98. The van der Waals surface area contributed by atoms with Crippen molar-refractivity contribution in [2.45, 2.75) is 17.7 Å². The van der Waals surface area contributed by atoms with Crippen LogP contribution in [0.4, 0.5) is 5.69 Å². The number of amides is 1. The monoisotopic (exact) mass is 492 g/mol. The molecule has 1 fully saturated rings. The summed E-state index contributed by atoms with van der Waals surface area (Å²) in [4.78, 5) is 22.1. The van der Waals surface area contributed by atoms with Crippen molar-refractivity contribution in [3.63, 3.8) is 0 Å². The normalized spacial score (nSPS) is 14.4. The first-order valence-corrected chi connectivity index (χ1v) is 12.7. The first-order chi connectivity index (χ1) is 16.4. The molecular formula is C25H21ClN4O3S. The Morgan fingerprint density at radius 1 is 0.971 bits per heavy atom. The fourth-order valence-electron chi connectivity index (χ4n) is 4.08. The summed E-state index contributed by atoms with van der Waals surface area (Å²) in [5.74, 6) is -0.374. The molecule has 9 heteroatoms. The van der Waals surface area contributed by atoms with E-state index >= 15 is 0 Å². The molecule has 1 saturated heterocycles. The predicted molar refractivity (Wildman–Crippen MR) is 132 cm³/mol. The summed E-state index contributed by atoms with van der Waals surface area (Å²) >= 11 is 6.25. The molecule has 1 N–H and O–H groups in total. The van der Waals surface area contributed by atoms with Crippen LogP contribution >= 0.6 is 11.6 Å². The molecule has 0 bridgehead atoms. The van der Waals surface area contributed by atoms with Crippen LogP contribution in [-0.4, -0.2) is 41.7 Å². The van der Waals surface area contributed by atoms with Crippen molar-refractivity contribution in [2.75, 3.05) is 18.4 Å². The lowest BCUT2D eigenvalue weighted by molar-refractivity contribution is 0.102. The summed E-state index contributed by atoms with van der Waals surface area (Å²) in [5, 5.41) is 3.65. The van der Waals surface area contributed by atoms with Crippen LogP contribution in [0.2, 0.25) is 5.02 Å². The van der Waals surface area contributed by atoms with E-state index in [1.165, 1.54) is 16.4 Å². The average Bonchev–Trinajstić information content (AvgIpc) is 3.41. The summed E-state index contributed by atoms with van der Waals surface area (Å²) in [7, 11) is -3.74. The molecular weight excluding hydrogens is 472 g/mol. The first kappa shape index (κ1) is 22.5. The summed E-state index contributed by atoms with van der Waals surface area (Å²) in [6.45, 7) is 0.937. The maximum absolute atomic E-state index is 13.4. The van der Waals surface area contributed by atoms with Gasteiger partial charge in [0.1, 0.15) is 4.90 Å². The summed E-state index contributed by atoms with van der Waals surface area (Å²) in [6, 6.07) is 17.3. The smallest absolute Gasteiger partial charge is 0.256 e. The highest BCUT2D eigenvalue weighted by atomic mass is 35.5. The number of fused-ring (bicyclic) bond motifs is 1. The van der Waals surface area contributed by atoms with E-state index in [2.05, 4.69) is 15.3 Å². The number of hydrogen-bond donors (Lipinski definition) is 1. The number of sulfonamides is 1. The predicted octanol–water partition coefficient (Wildman–Crippen LogP) is 4.99. The van der Waals surface area contributed by atoms with Crippen molar-refractivity contribution < 1.29 is 13.2 Å². The number of para-hydroxylation sites is 1. The number of carbonyl (C=O) groups is 1. The lowest BCUT2D eigenvalue weighted by atomic mass is 10.0. The van der Waals surface area contributed by atoms with Gasteiger partial charge in [-0.05, 0) is 55.3 Å². The lowest BCUT2D eigenvalue weighted by Gasteiger charge is -2.17. The number of halogens is 1. The van der Waals surface area contributed by atoms with Gasteiger partial charge in [-0.15, -0.1) is 0 Å². The van der Waals surface area contributed by atoms with Gasteiger partial charge in [-0.25, -0.2) is 13.4 Å². The SMILES string of the molecule is O=C(Nc1ccc(Cl)c(S(=O)(=O)N2CCCC2)c1)c1cc(-c2ccncc2)nc2ccccc12. The third-order valence-electron chi connectivity index (χ3n) is 5.81. The molecule has 172 valence electrons. The van der Waals surface area contributed by atoms with E-state index in [4.69, 9.17) is 11.6 Å². The largest absolute Gasteiger partial charge is 0.322 e. The van der Waals surface area contributed by atoms with Crippen LogP contribution < -0.4 is 5.32 Å². The lowest BCUT2D eigenvalue weighted by Crippen LogP contribution is -2.28. The van der Waals surface area contributed by atoms with Gasteiger partial charge >= 0.3 is 0 Å². The van der Waals surface area contributed by atoms with Gasteiger partial charge in [-0.1, -0.05) is 29.8 Å². The molecule has 1 aliphatic heterocycles. The molecule has 0 unspecified atom stereocenters. The second-order valence-corrected chi connectivity index (χ2v) is 10.3. The number of anilines is 1. The molecule has 3 heterocycles. The Kier molecular flexibility index (Phi) is 6.03. The third kappa shape index (κ3) is 4.27. The first-order valence-electron chi connectivity index (χ1n) is 10.8. The molecule has 0 spiro atoms. The van der Waals surface area contributed by atoms with E-state index in [0.717, 1.165) is 18.4 Å². The highest BCUT2D eigenvalue weighted by Gasteiger charge is 2.29. The zero-order chi connectivity index (χ0) is 23.7. The van der Waals surface area contributed by atoms with Gasteiger partial charge in [0.2, 0.25) is 10.0 Å². The van der Waals surface area contributed by atoms with Crippen molar-refractivity contribution in [3.05, 3.63) is 83.6 Å². The minimum atomic E-state index is -3.74. The highest BCUT2D eigenvalue weighted by molar-refractivity contribution is 7.89. The summed E-state index contributed by atoms with van der Waals surface area (Å²) < 4.78 is 27.5. The number of nitrogens with one attached hydrogen (secondary N) is 1. The molecule has 5 rings (SSSR count). The zero-order valence-electron chi connectivity index (χ0n) is 18.1. The maximum atomic E-state index is 13.4. The third-order valence-corrected chi connectivity index (χ3v) is 8.19. The molecule has 7 nitrogen and oxygen atoms in total. The molecule has 1 aliphatic rings. The van der Waals surface area contributed by atoms with Crippen LogP contribution in [0, 0.1) is 0 Å². The minimum absolute atomic E-state index is 0.00840. The van der Waals surface area contributed by atoms with Gasteiger partial charge < -0.3 is 5.32 Å². The van der Waals surface area contributed by atoms with Gasteiger partial charge in [0.05, 0.1) is 21.8 Å². The number of hydrogen-bond acceptors (Lipinski definition) is 5. The van der Waals surface area contributed by atoms with Crippen molar-refractivity contribution in [3.8, 4) is 11.3 Å². The minimum Gasteiger partial charge on any atom is -0.322 e. The van der Waals surface area contributed by atoms with Gasteiger partial charge in [-0.2, -0.15) is 4.31 Å². The van der Waals surface area contributed by atoms with Gasteiger partial charge in [-0.3, -0.25) is 9.78 Å². The number of carbonyl (C=O) groups excluding carboxylic acids is 1. The Bertz CT molecular complexity index is 1490. The standard InChI is InChI=1S/C25H21ClN4O3S/c26-21-8-7-18(15-24(21)34(32,33)30-13-3-4-14-30)28-25(31)20-16-23(17-9-11-27-12-10-17)29-22-6-2-1-5-19(20)22/h1-2,5-12,15-16H,3-4,13-14H2,(H,28,31). The van der Waals surface area contributed by atoms with Gasteiger partial charge in [0.25, 0.3) is 5.91 Å². The molecule has 0 radical (unpaired) electrons. The Morgan fingerprint density at radius 3 is 2.47 bits per heavy atom. The van der Waals surface area contributed by atoms with Crippen molar-refractivity contribution >= 4 is 44.1 Å². The Balaban J connectivity index is 1.52. The molecule has 2 aromatic heterocycles. The van der Waals surface area contributed by atoms with E-state index in [-0.39, 0.29) is 15.8 Å². The van der Waals surface area contributed by atoms with Gasteiger partial charge in [0.15, 0.2) is 0 Å². The van der Waals surface area contributed by atoms with Crippen molar-refractivity contribution in [2.24, 2.45) is 0 Å². The van der Waals surface area contributed by atoms with E-state index < -0.39 is 10.0 Å². The number of rotatable bonds is 5. The van der Waals surface area contributed by atoms with Crippen LogP contribution in [0.3, 0.4) is 0 Å². The van der Waals surface area contributed by atoms with Crippen LogP contribution in [0.25, 0.3) is 22.2 Å². The van der Waals surface area contributed by atoms with Gasteiger partial charge in [0, 0.05) is 42.1 Å². The molecule has 1 amide bonds. The molecule has 0 saturated carbocycles. The van der Waals surface area contributed by atoms with Crippen LogP contribution in [0.15, 0.2) is 78.0 Å². The Labute approximate surface area is 202 Å². The molecule has 34 heavy (non-hydrogen) atoms. The number of nitrogens with zero attached hydrogens (tertiary/aromatic N) is 3. The summed E-state index contributed by atoms with van der Waals surface area (Å²) in [5.41, 5.74) is 2.92. The number of aromatic nitrogens is 2. The quantitative estimate of drug-likeness (QED) is 0.424. The van der Waals surface area contributed by atoms with Crippen molar-refractivity contribution in [1.29, 1.82) is 0 Å². The Morgan fingerprint density at radius 2 is 1.71 bits per heavy atom. The van der Waals surface area contributed by atoms with E-state index in [1.807, 2.05) is 36.4 Å². The topological polar surface area (TPSA) is 92.3 Å². The van der Waals surface area contributed by atoms with Crippen LogP contribution in [-0.2, 0) is 10.0 Å². The average molecular weight is 493 g/mol. The van der Waals surface area contributed by atoms with Crippen LogP contribution in [0.5, 0.6) is 0 Å². The number of pyridine rings is 2. The molecule has 2 aromatic carbocycles. The second-order valence-electron chi connectivity index (χ2n) is 8.02. The maximum Gasteiger partial charge on any atom is 0.256 e. The molecule has 0 aliphatic carbocycles. The van der Waals surface area contributed by atoms with E-state index in [9.17, 15) is 13.2 Å². The van der Waals surface area contributed by atoms with Crippen LogP contribution in [0.1, 0.15) is 23.2 Å². The molecule has 0 atom stereocenters. The second kappa shape index (κ2) is 9.13. The fourth-order valence-corrected chi connectivity index (χ4v) is 6.10. The van der Waals surface area contributed by atoms with Crippen molar-refractivity contribution in [1.82, 2.24) is 14.3 Å². The Hall–Kier alpha value is -3.33.